The van der Waals surface area contributed by atoms with E-state index in [-0.39, 0.29) is 17.5 Å². The second-order valence-electron chi connectivity index (χ2n) is 12.3. The van der Waals surface area contributed by atoms with E-state index < -0.39 is 11.2 Å². The predicted octanol–water partition coefficient (Wildman–Crippen LogP) is 10.2. The van der Waals surface area contributed by atoms with E-state index in [0.717, 1.165) is 43.6 Å². The number of nitrogens with zero attached hydrogens (tertiary/aromatic N) is 1. The number of thiazole rings is 1. The molecule has 0 aliphatic heterocycles. The maximum atomic E-state index is 13.8. The van der Waals surface area contributed by atoms with Crippen LogP contribution in [0, 0.1) is 6.92 Å². The lowest BCUT2D eigenvalue weighted by atomic mass is 10.1. The highest BCUT2D eigenvalue weighted by molar-refractivity contribution is 8.00. The summed E-state index contributed by atoms with van der Waals surface area (Å²) in [5.41, 5.74) is 5.52. The third-order valence-electron chi connectivity index (χ3n) is 8.37. The first-order valence-corrected chi connectivity index (χ1v) is 18.7. The Hall–Kier alpha value is -6.29. The van der Waals surface area contributed by atoms with E-state index in [0.29, 0.717) is 16.4 Å². The summed E-state index contributed by atoms with van der Waals surface area (Å²) in [5, 5.41) is 12.9. The molecule has 0 bridgehead atoms. The van der Waals surface area contributed by atoms with Gasteiger partial charge in [0.25, 0.3) is 11.8 Å². The van der Waals surface area contributed by atoms with Crippen molar-refractivity contribution < 1.29 is 14.4 Å². The molecule has 260 valence electrons. The Bertz CT molecular complexity index is 2430. The molecule has 1 atom stereocenters. The minimum absolute atomic E-state index is 0.106. The van der Waals surface area contributed by atoms with Crippen molar-refractivity contribution in [2.45, 2.75) is 17.1 Å². The van der Waals surface area contributed by atoms with Gasteiger partial charge in [0.1, 0.15) is 10.9 Å². The second kappa shape index (κ2) is 16.4. The molecule has 6 aromatic carbocycles. The first kappa shape index (κ1) is 35.1. The fraction of sp³-hybridized carbons (Fsp3) is 0.0455. The number of hydrogen-bond acceptors (Lipinski definition) is 6. The highest BCUT2D eigenvalue weighted by Crippen LogP contribution is 2.37. The van der Waals surface area contributed by atoms with Crippen molar-refractivity contribution in [3.63, 3.8) is 0 Å². The fourth-order valence-electron chi connectivity index (χ4n) is 5.70. The summed E-state index contributed by atoms with van der Waals surface area (Å²) in [5.74, 6) is -1.05. The highest BCUT2D eigenvalue weighted by atomic mass is 32.2. The van der Waals surface area contributed by atoms with Gasteiger partial charge in [-0.3, -0.25) is 14.4 Å². The summed E-state index contributed by atoms with van der Waals surface area (Å²) in [6, 6.07) is 47.7. The van der Waals surface area contributed by atoms with Gasteiger partial charge in [0.15, 0.2) is 5.13 Å². The zero-order valence-corrected chi connectivity index (χ0v) is 30.3. The normalized spacial score (nSPS) is 11.8. The topological polar surface area (TPSA) is 100 Å². The number of fused-ring (bicyclic) bond motifs is 1. The number of carbonyl (C=O) groups is 3. The number of anilines is 2. The summed E-state index contributed by atoms with van der Waals surface area (Å²) in [6.07, 6.45) is 1.66. The molecule has 1 unspecified atom stereocenters. The average Bonchev–Trinajstić information content (AvgIpc) is 3.66. The van der Waals surface area contributed by atoms with Crippen molar-refractivity contribution in [1.82, 2.24) is 10.3 Å². The molecule has 7 nitrogen and oxygen atoms in total. The number of carbonyl (C=O) groups excluding carboxylic acids is 3. The lowest BCUT2D eigenvalue weighted by molar-refractivity contribution is -0.116. The van der Waals surface area contributed by atoms with Gasteiger partial charge in [0.05, 0.1) is 5.69 Å². The van der Waals surface area contributed by atoms with Crippen molar-refractivity contribution in [1.29, 1.82) is 0 Å². The number of thioether (sulfide) groups is 1. The SMILES string of the molecule is Cc1cccc(/C=C(\NC(=O)c2ccccc2)C(=O)Nc2ccc(SC(C(=O)Nc3nc(-c4ccc5ccccc5c4)cs3)c3ccccc3)cc2)c1. The van der Waals surface area contributed by atoms with Crippen molar-refractivity contribution in [2.24, 2.45) is 0 Å². The van der Waals surface area contributed by atoms with Gasteiger partial charge in [0.2, 0.25) is 5.91 Å². The largest absolute Gasteiger partial charge is 0.321 e. The van der Waals surface area contributed by atoms with E-state index in [2.05, 4.69) is 40.2 Å². The number of aryl methyl sites for hydroxylation is 1. The van der Waals surface area contributed by atoms with E-state index in [1.807, 2.05) is 103 Å². The minimum Gasteiger partial charge on any atom is -0.321 e. The van der Waals surface area contributed by atoms with Crippen LogP contribution in [0.15, 0.2) is 168 Å². The van der Waals surface area contributed by atoms with Gasteiger partial charge in [-0.05, 0) is 77.4 Å². The number of hydrogen-bond donors (Lipinski definition) is 3. The van der Waals surface area contributed by atoms with Crippen molar-refractivity contribution in [2.75, 3.05) is 10.6 Å². The molecule has 3 N–H and O–H groups in total. The molecule has 0 spiro atoms. The molecule has 0 aliphatic carbocycles. The zero-order chi connectivity index (χ0) is 36.6. The van der Waals surface area contributed by atoms with Crippen molar-refractivity contribution >= 4 is 68.5 Å². The number of benzene rings is 6. The standard InChI is InChI=1S/C44H34N4O3S2/c1-29-11-10-12-30(25-29)26-38(46-41(49)33-16-6-3-7-17-33)42(50)45-36-21-23-37(24-22-36)53-40(32-14-4-2-5-15-32)43(51)48-44-47-39(28-52-44)35-20-19-31-13-8-9-18-34(31)27-35/h2-28,40H,1H3,(H,45,50)(H,46,49)(H,47,48,51)/b38-26-. The quantitative estimate of drug-likeness (QED) is 0.0909. The predicted molar refractivity (Wildman–Crippen MR) is 217 cm³/mol. The van der Waals surface area contributed by atoms with Gasteiger partial charge in [-0.1, -0.05) is 115 Å². The van der Waals surface area contributed by atoms with Gasteiger partial charge in [0, 0.05) is 27.1 Å². The summed E-state index contributed by atoms with van der Waals surface area (Å²) in [6.45, 7) is 1.97. The van der Waals surface area contributed by atoms with Crippen LogP contribution < -0.4 is 16.0 Å². The number of aromatic nitrogens is 1. The summed E-state index contributed by atoms with van der Waals surface area (Å²) >= 11 is 2.79. The maximum Gasteiger partial charge on any atom is 0.272 e. The van der Waals surface area contributed by atoms with Gasteiger partial charge < -0.3 is 16.0 Å². The van der Waals surface area contributed by atoms with Gasteiger partial charge in [-0.25, -0.2) is 4.98 Å². The van der Waals surface area contributed by atoms with Crippen LogP contribution in [-0.4, -0.2) is 22.7 Å². The molecule has 1 aromatic heterocycles. The van der Waals surface area contributed by atoms with Crippen molar-refractivity contribution in [3.05, 3.63) is 185 Å². The molecule has 9 heteroatoms. The minimum atomic E-state index is -0.568. The molecule has 0 aliphatic rings. The Morgan fingerprint density at radius 2 is 1.43 bits per heavy atom. The molecule has 0 radical (unpaired) electrons. The van der Waals surface area contributed by atoms with Crippen LogP contribution >= 0.6 is 23.1 Å². The van der Waals surface area contributed by atoms with E-state index in [1.54, 1.807) is 42.5 Å². The number of amides is 3. The van der Waals surface area contributed by atoms with Crippen LogP contribution in [0.3, 0.4) is 0 Å². The highest BCUT2D eigenvalue weighted by Gasteiger charge is 2.24. The fourth-order valence-corrected chi connectivity index (χ4v) is 7.45. The molecule has 7 rings (SSSR count). The molecule has 53 heavy (non-hydrogen) atoms. The molecular formula is C44H34N4O3S2. The summed E-state index contributed by atoms with van der Waals surface area (Å²) in [7, 11) is 0. The Morgan fingerprint density at radius 1 is 0.717 bits per heavy atom. The molecule has 0 saturated carbocycles. The van der Waals surface area contributed by atoms with Crippen LogP contribution in [0.5, 0.6) is 0 Å². The lowest BCUT2D eigenvalue weighted by Gasteiger charge is -2.17. The summed E-state index contributed by atoms with van der Waals surface area (Å²) < 4.78 is 0. The van der Waals surface area contributed by atoms with Crippen LogP contribution in [0.4, 0.5) is 10.8 Å². The molecular weight excluding hydrogens is 697 g/mol. The average molecular weight is 731 g/mol. The van der Waals surface area contributed by atoms with Crippen LogP contribution in [0.25, 0.3) is 28.1 Å². The maximum absolute atomic E-state index is 13.8. The first-order valence-electron chi connectivity index (χ1n) is 16.9. The Balaban J connectivity index is 1.06. The Kier molecular flexibility index (Phi) is 10.9. The van der Waals surface area contributed by atoms with E-state index >= 15 is 0 Å². The van der Waals surface area contributed by atoms with Crippen LogP contribution in [0.2, 0.25) is 0 Å². The monoisotopic (exact) mass is 730 g/mol. The van der Waals surface area contributed by atoms with Gasteiger partial charge in [-0.15, -0.1) is 23.1 Å². The molecule has 7 aromatic rings. The number of nitrogens with one attached hydrogen (secondary N) is 3. The lowest BCUT2D eigenvalue weighted by Crippen LogP contribution is -2.30. The zero-order valence-electron chi connectivity index (χ0n) is 28.7. The van der Waals surface area contributed by atoms with E-state index in [9.17, 15) is 14.4 Å². The van der Waals surface area contributed by atoms with Crippen molar-refractivity contribution in [3.8, 4) is 11.3 Å². The third kappa shape index (κ3) is 8.96. The van der Waals surface area contributed by atoms with Gasteiger partial charge in [-0.2, -0.15) is 0 Å². The Labute approximate surface area is 315 Å². The Morgan fingerprint density at radius 3 is 2.19 bits per heavy atom. The molecule has 3 amide bonds. The van der Waals surface area contributed by atoms with E-state index in [1.165, 1.54) is 23.1 Å². The smallest absolute Gasteiger partial charge is 0.272 e. The summed E-state index contributed by atoms with van der Waals surface area (Å²) in [4.78, 5) is 46.0. The molecule has 1 heterocycles. The third-order valence-corrected chi connectivity index (χ3v) is 10.4. The second-order valence-corrected chi connectivity index (χ2v) is 14.3. The van der Waals surface area contributed by atoms with Crippen LogP contribution in [-0.2, 0) is 9.59 Å². The van der Waals surface area contributed by atoms with Gasteiger partial charge >= 0.3 is 0 Å². The van der Waals surface area contributed by atoms with E-state index in [4.69, 9.17) is 4.98 Å². The first-order chi connectivity index (χ1) is 25.9. The molecule has 0 fully saturated rings. The van der Waals surface area contributed by atoms with Crippen LogP contribution in [0.1, 0.15) is 32.3 Å². The number of rotatable bonds is 11. The molecule has 0 saturated heterocycles.